The summed E-state index contributed by atoms with van der Waals surface area (Å²) in [5.41, 5.74) is 6.64. The van der Waals surface area contributed by atoms with E-state index in [1.165, 1.54) is 0 Å². The lowest BCUT2D eigenvalue weighted by molar-refractivity contribution is -0.122. The van der Waals surface area contributed by atoms with Crippen molar-refractivity contribution in [3.05, 3.63) is 29.8 Å². The lowest BCUT2D eigenvalue weighted by Crippen LogP contribution is -2.41. The van der Waals surface area contributed by atoms with Crippen molar-refractivity contribution in [1.82, 2.24) is 5.32 Å². The average molecular weight is 208 g/mol. The van der Waals surface area contributed by atoms with E-state index in [0.717, 1.165) is 5.56 Å². The van der Waals surface area contributed by atoms with Gasteiger partial charge in [-0.3, -0.25) is 4.79 Å². The monoisotopic (exact) mass is 208 g/mol. The van der Waals surface area contributed by atoms with Crippen LogP contribution in [0.3, 0.4) is 0 Å². The Hall–Kier alpha value is -1.55. The van der Waals surface area contributed by atoms with Crippen LogP contribution in [0.2, 0.25) is 0 Å². The first kappa shape index (κ1) is 11.5. The van der Waals surface area contributed by atoms with Crippen LogP contribution in [0.5, 0.6) is 5.75 Å². The largest absolute Gasteiger partial charge is 0.508 e. The van der Waals surface area contributed by atoms with Gasteiger partial charge >= 0.3 is 0 Å². The highest BCUT2D eigenvalue weighted by Gasteiger charge is 2.12. The lowest BCUT2D eigenvalue weighted by atomic mass is 10.1. The number of hydrogen-bond donors (Lipinski definition) is 3. The first-order chi connectivity index (χ1) is 7.13. The SMILES string of the molecule is CCNC(=O)[C@@H](N)Cc1ccc(O)cc1. The van der Waals surface area contributed by atoms with Crippen LogP contribution >= 0.6 is 0 Å². The van der Waals surface area contributed by atoms with E-state index in [2.05, 4.69) is 5.32 Å². The molecule has 0 aliphatic heterocycles. The summed E-state index contributed by atoms with van der Waals surface area (Å²) in [6, 6.07) is 6.15. The summed E-state index contributed by atoms with van der Waals surface area (Å²) in [6.07, 6.45) is 0.478. The molecule has 0 aliphatic rings. The standard InChI is InChI=1S/C11H16N2O2/c1-2-13-11(15)10(12)7-8-3-5-9(14)6-4-8/h3-6,10,14H,2,7,12H2,1H3,(H,13,15)/t10-/m0/s1. The minimum Gasteiger partial charge on any atom is -0.508 e. The molecule has 0 fully saturated rings. The summed E-state index contributed by atoms with van der Waals surface area (Å²) in [5.74, 6) is 0.0657. The zero-order valence-electron chi connectivity index (χ0n) is 8.73. The van der Waals surface area contributed by atoms with Crippen LogP contribution in [0, 0.1) is 0 Å². The number of phenols is 1. The molecule has 4 N–H and O–H groups in total. The summed E-state index contributed by atoms with van der Waals surface area (Å²) < 4.78 is 0. The predicted molar refractivity (Wildman–Crippen MR) is 58.5 cm³/mol. The maximum Gasteiger partial charge on any atom is 0.237 e. The van der Waals surface area contributed by atoms with Crippen molar-refractivity contribution >= 4 is 5.91 Å². The third-order valence-corrected chi connectivity index (χ3v) is 2.08. The van der Waals surface area contributed by atoms with Gasteiger partial charge < -0.3 is 16.2 Å². The summed E-state index contributed by atoms with van der Waals surface area (Å²) in [6.45, 7) is 2.44. The fraction of sp³-hybridized carbons (Fsp3) is 0.364. The molecule has 1 aromatic carbocycles. The molecule has 0 saturated heterocycles. The molecule has 0 radical (unpaired) electrons. The van der Waals surface area contributed by atoms with Crippen LogP contribution < -0.4 is 11.1 Å². The molecule has 0 saturated carbocycles. The molecule has 1 aromatic rings. The van der Waals surface area contributed by atoms with Crippen molar-refractivity contribution in [3.63, 3.8) is 0 Å². The van der Waals surface area contributed by atoms with E-state index in [1.807, 2.05) is 6.92 Å². The number of carbonyl (C=O) groups excluding carboxylic acids is 1. The van der Waals surface area contributed by atoms with Crippen molar-refractivity contribution in [1.29, 1.82) is 0 Å². The minimum atomic E-state index is -0.533. The lowest BCUT2D eigenvalue weighted by Gasteiger charge is -2.10. The fourth-order valence-corrected chi connectivity index (χ4v) is 1.28. The van der Waals surface area contributed by atoms with E-state index in [0.29, 0.717) is 13.0 Å². The molecular formula is C11H16N2O2. The molecule has 0 aliphatic carbocycles. The maximum atomic E-state index is 11.3. The molecule has 1 amide bonds. The topological polar surface area (TPSA) is 75.4 Å². The number of nitrogens with two attached hydrogens (primary N) is 1. The molecular weight excluding hydrogens is 192 g/mol. The number of carbonyl (C=O) groups is 1. The summed E-state index contributed by atoms with van der Waals surface area (Å²) in [5, 5.41) is 11.7. The molecule has 1 atom stereocenters. The molecule has 0 unspecified atom stereocenters. The fourth-order valence-electron chi connectivity index (χ4n) is 1.28. The predicted octanol–water partition coefficient (Wildman–Crippen LogP) is 0.398. The molecule has 4 heteroatoms. The molecule has 0 bridgehead atoms. The van der Waals surface area contributed by atoms with Crippen LogP contribution in [-0.2, 0) is 11.2 Å². The number of hydrogen-bond acceptors (Lipinski definition) is 3. The van der Waals surface area contributed by atoms with Crippen molar-refractivity contribution in [2.45, 2.75) is 19.4 Å². The van der Waals surface area contributed by atoms with Gasteiger partial charge in [-0.1, -0.05) is 12.1 Å². The van der Waals surface area contributed by atoms with Gasteiger partial charge in [0.25, 0.3) is 0 Å². The number of benzene rings is 1. The van der Waals surface area contributed by atoms with E-state index in [-0.39, 0.29) is 11.7 Å². The van der Waals surface area contributed by atoms with Crippen molar-refractivity contribution < 1.29 is 9.90 Å². The Morgan fingerprint density at radius 3 is 2.60 bits per heavy atom. The van der Waals surface area contributed by atoms with Gasteiger partial charge in [0.1, 0.15) is 5.75 Å². The van der Waals surface area contributed by atoms with Gasteiger partial charge in [-0.2, -0.15) is 0 Å². The highest BCUT2D eigenvalue weighted by molar-refractivity contribution is 5.81. The van der Waals surface area contributed by atoms with Crippen LogP contribution in [0.4, 0.5) is 0 Å². The summed E-state index contributed by atoms with van der Waals surface area (Å²) in [4.78, 5) is 11.3. The smallest absolute Gasteiger partial charge is 0.237 e. The molecule has 1 rings (SSSR count). The van der Waals surface area contributed by atoms with Crippen molar-refractivity contribution in [3.8, 4) is 5.75 Å². The number of rotatable bonds is 4. The van der Waals surface area contributed by atoms with E-state index in [1.54, 1.807) is 24.3 Å². The van der Waals surface area contributed by atoms with Gasteiger partial charge in [0.05, 0.1) is 6.04 Å². The number of likely N-dealkylation sites (N-methyl/N-ethyl adjacent to an activating group) is 1. The molecule has 0 spiro atoms. The Morgan fingerprint density at radius 1 is 1.47 bits per heavy atom. The quantitative estimate of drug-likeness (QED) is 0.670. The van der Waals surface area contributed by atoms with Gasteiger partial charge in [0.2, 0.25) is 5.91 Å². The highest BCUT2D eigenvalue weighted by Crippen LogP contribution is 2.10. The molecule has 4 nitrogen and oxygen atoms in total. The molecule has 82 valence electrons. The van der Waals surface area contributed by atoms with Crippen LogP contribution in [0.15, 0.2) is 24.3 Å². The van der Waals surface area contributed by atoms with E-state index >= 15 is 0 Å². The van der Waals surface area contributed by atoms with Crippen LogP contribution in [0.1, 0.15) is 12.5 Å². The molecule has 0 heterocycles. The second-order valence-corrected chi connectivity index (χ2v) is 3.37. The van der Waals surface area contributed by atoms with Crippen LogP contribution in [0.25, 0.3) is 0 Å². The van der Waals surface area contributed by atoms with Crippen molar-refractivity contribution in [2.75, 3.05) is 6.54 Å². The number of nitrogens with one attached hydrogen (secondary N) is 1. The second kappa shape index (κ2) is 5.36. The summed E-state index contributed by atoms with van der Waals surface area (Å²) in [7, 11) is 0. The van der Waals surface area contributed by atoms with E-state index in [4.69, 9.17) is 10.8 Å². The Bertz CT molecular complexity index is 322. The van der Waals surface area contributed by atoms with E-state index in [9.17, 15) is 4.79 Å². The normalized spacial score (nSPS) is 12.1. The first-order valence-corrected chi connectivity index (χ1v) is 4.94. The minimum absolute atomic E-state index is 0.148. The van der Waals surface area contributed by atoms with E-state index < -0.39 is 6.04 Å². The second-order valence-electron chi connectivity index (χ2n) is 3.37. The van der Waals surface area contributed by atoms with Crippen molar-refractivity contribution in [2.24, 2.45) is 5.73 Å². The third kappa shape index (κ3) is 3.59. The van der Waals surface area contributed by atoms with Gasteiger partial charge in [-0.25, -0.2) is 0 Å². The Kier molecular flexibility index (Phi) is 4.12. The van der Waals surface area contributed by atoms with Gasteiger partial charge in [-0.05, 0) is 31.0 Å². The van der Waals surface area contributed by atoms with Gasteiger partial charge in [0, 0.05) is 6.54 Å². The zero-order chi connectivity index (χ0) is 11.3. The number of amides is 1. The Morgan fingerprint density at radius 2 is 2.07 bits per heavy atom. The number of aromatic hydroxyl groups is 1. The Balaban J connectivity index is 2.54. The summed E-state index contributed by atoms with van der Waals surface area (Å²) >= 11 is 0. The van der Waals surface area contributed by atoms with Gasteiger partial charge in [-0.15, -0.1) is 0 Å². The van der Waals surface area contributed by atoms with Crippen LogP contribution in [-0.4, -0.2) is 23.6 Å². The highest BCUT2D eigenvalue weighted by atomic mass is 16.3. The Labute approximate surface area is 89.1 Å². The molecule has 0 aromatic heterocycles. The third-order valence-electron chi connectivity index (χ3n) is 2.08. The zero-order valence-corrected chi connectivity index (χ0v) is 8.73. The number of phenolic OH excluding ortho intramolecular Hbond substituents is 1. The maximum absolute atomic E-state index is 11.3. The first-order valence-electron chi connectivity index (χ1n) is 4.94. The molecule has 15 heavy (non-hydrogen) atoms. The van der Waals surface area contributed by atoms with Gasteiger partial charge in [0.15, 0.2) is 0 Å². The average Bonchev–Trinajstić information content (AvgIpc) is 2.22.